The van der Waals surface area contributed by atoms with Gasteiger partial charge in [-0.2, -0.15) is 0 Å². The molecule has 0 aliphatic rings. The molecule has 0 atom stereocenters. The summed E-state index contributed by atoms with van der Waals surface area (Å²) in [6, 6.07) is 16.2. The van der Waals surface area contributed by atoms with Gasteiger partial charge in [-0.05, 0) is 23.8 Å². The largest absolute Gasteiger partial charge is 0.294 e. The van der Waals surface area contributed by atoms with E-state index in [1.165, 1.54) is 34.4 Å². The van der Waals surface area contributed by atoms with E-state index >= 15 is 0 Å². The number of aromatic nitrogens is 3. The number of rotatable bonds is 3. The summed E-state index contributed by atoms with van der Waals surface area (Å²) in [7, 11) is 0. The van der Waals surface area contributed by atoms with Crippen LogP contribution in [0.5, 0.6) is 0 Å². The predicted molar refractivity (Wildman–Crippen MR) is 110 cm³/mol. The lowest BCUT2D eigenvalue weighted by Gasteiger charge is -2.09. The molecule has 0 spiro atoms. The van der Waals surface area contributed by atoms with Crippen molar-refractivity contribution in [3.63, 3.8) is 0 Å². The standard InChI is InChI=1S/C22H14FN3OS/c23-17-9-15-7-4-8-24-20(15)16(10-17)11-26-13-25-21-19(22(26)27)18(12-28-21)14-5-2-1-3-6-14/h1-10,12-13H,11H2. The van der Waals surface area contributed by atoms with Gasteiger partial charge >= 0.3 is 0 Å². The molecule has 0 N–H and O–H groups in total. The minimum Gasteiger partial charge on any atom is -0.294 e. The van der Waals surface area contributed by atoms with Gasteiger partial charge in [0.25, 0.3) is 5.56 Å². The van der Waals surface area contributed by atoms with Gasteiger partial charge in [0, 0.05) is 28.1 Å². The Morgan fingerprint density at radius 1 is 1.04 bits per heavy atom. The first kappa shape index (κ1) is 16.8. The van der Waals surface area contributed by atoms with Crippen LogP contribution in [0.4, 0.5) is 4.39 Å². The summed E-state index contributed by atoms with van der Waals surface area (Å²) in [5, 5.41) is 3.25. The predicted octanol–water partition coefficient (Wildman–Crippen LogP) is 4.86. The molecule has 5 aromatic rings. The summed E-state index contributed by atoms with van der Waals surface area (Å²) in [5.41, 5.74) is 3.04. The zero-order valence-electron chi connectivity index (χ0n) is 14.7. The lowest BCUT2D eigenvalue weighted by Crippen LogP contribution is -2.21. The van der Waals surface area contributed by atoms with Crippen LogP contribution in [0.1, 0.15) is 5.56 Å². The number of hydrogen-bond acceptors (Lipinski definition) is 4. The first-order chi connectivity index (χ1) is 13.7. The van der Waals surface area contributed by atoms with Gasteiger partial charge in [0.05, 0.1) is 23.8 Å². The Kier molecular flexibility index (Phi) is 3.98. The maximum absolute atomic E-state index is 14.1. The van der Waals surface area contributed by atoms with Crippen molar-refractivity contribution in [1.29, 1.82) is 0 Å². The molecule has 0 aliphatic carbocycles. The fraction of sp³-hybridized carbons (Fsp3) is 0.0455. The van der Waals surface area contributed by atoms with Crippen LogP contribution in [0.25, 0.3) is 32.2 Å². The highest BCUT2D eigenvalue weighted by Crippen LogP contribution is 2.30. The Hall–Kier alpha value is -3.38. The average molecular weight is 387 g/mol. The second kappa shape index (κ2) is 6.65. The molecule has 6 heteroatoms. The van der Waals surface area contributed by atoms with Gasteiger partial charge in [0.15, 0.2) is 0 Å². The number of thiophene rings is 1. The Labute approximate surface area is 163 Å². The van der Waals surface area contributed by atoms with Gasteiger partial charge in [-0.25, -0.2) is 9.37 Å². The summed E-state index contributed by atoms with van der Waals surface area (Å²) in [4.78, 5) is 22.7. The first-order valence-corrected chi connectivity index (χ1v) is 9.64. The van der Waals surface area contributed by atoms with E-state index in [0.29, 0.717) is 26.7 Å². The molecule has 0 aliphatic heterocycles. The maximum atomic E-state index is 14.1. The van der Waals surface area contributed by atoms with Crippen LogP contribution in [-0.2, 0) is 6.54 Å². The van der Waals surface area contributed by atoms with E-state index in [1.54, 1.807) is 12.3 Å². The third-order valence-corrected chi connectivity index (χ3v) is 5.62. The molecule has 0 saturated heterocycles. The van der Waals surface area contributed by atoms with E-state index in [9.17, 15) is 9.18 Å². The molecule has 5 rings (SSSR count). The molecule has 136 valence electrons. The van der Waals surface area contributed by atoms with Crippen LogP contribution in [0.3, 0.4) is 0 Å². The van der Waals surface area contributed by atoms with Crippen LogP contribution >= 0.6 is 11.3 Å². The molecule has 0 bridgehead atoms. The van der Waals surface area contributed by atoms with Crippen molar-refractivity contribution in [1.82, 2.24) is 14.5 Å². The molecule has 0 unspecified atom stereocenters. The van der Waals surface area contributed by atoms with Crippen LogP contribution in [-0.4, -0.2) is 14.5 Å². The van der Waals surface area contributed by atoms with E-state index < -0.39 is 0 Å². The lowest BCUT2D eigenvalue weighted by atomic mass is 10.1. The summed E-state index contributed by atoms with van der Waals surface area (Å²) >= 11 is 1.45. The zero-order valence-corrected chi connectivity index (χ0v) is 15.5. The van der Waals surface area contributed by atoms with Crippen LogP contribution in [0.15, 0.2) is 77.3 Å². The van der Waals surface area contributed by atoms with Gasteiger partial charge in [0.2, 0.25) is 0 Å². The molecular formula is C22H14FN3OS. The highest BCUT2D eigenvalue weighted by Gasteiger charge is 2.14. The Bertz CT molecular complexity index is 1380. The van der Waals surface area contributed by atoms with E-state index in [2.05, 4.69) is 9.97 Å². The van der Waals surface area contributed by atoms with Crippen molar-refractivity contribution in [3.05, 3.63) is 94.2 Å². The zero-order chi connectivity index (χ0) is 19.1. The Morgan fingerprint density at radius 2 is 1.89 bits per heavy atom. The quantitative estimate of drug-likeness (QED) is 0.444. The van der Waals surface area contributed by atoms with E-state index in [1.807, 2.05) is 41.8 Å². The topological polar surface area (TPSA) is 47.8 Å². The molecule has 3 heterocycles. The molecule has 28 heavy (non-hydrogen) atoms. The monoisotopic (exact) mass is 387 g/mol. The van der Waals surface area contributed by atoms with Crippen molar-refractivity contribution in [2.45, 2.75) is 6.54 Å². The number of hydrogen-bond donors (Lipinski definition) is 0. The van der Waals surface area contributed by atoms with Gasteiger partial charge in [0.1, 0.15) is 10.6 Å². The summed E-state index contributed by atoms with van der Waals surface area (Å²) in [5.74, 6) is -0.349. The number of pyridine rings is 1. The summed E-state index contributed by atoms with van der Waals surface area (Å²) < 4.78 is 15.6. The van der Waals surface area contributed by atoms with Crippen LogP contribution in [0.2, 0.25) is 0 Å². The van der Waals surface area contributed by atoms with Crippen molar-refractivity contribution >= 4 is 32.5 Å². The second-order valence-corrected chi connectivity index (χ2v) is 7.37. The number of benzene rings is 2. The number of fused-ring (bicyclic) bond motifs is 2. The molecule has 4 nitrogen and oxygen atoms in total. The molecule has 0 amide bonds. The lowest BCUT2D eigenvalue weighted by molar-refractivity contribution is 0.625. The van der Waals surface area contributed by atoms with Crippen LogP contribution < -0.4 is 5.56 Å². The van der Waals surface area contributed by atoms with E-state index in [4.69, 9.17) is 0 Å². The Morgan fingerprint density at radius 3 is 2.75 bits per heavy atom. The fourth-order valence-electron chi connectivity index (χ4n) is 3.44. The van der Waals surface area contributed by atoms with Crippen molar-refractivity contribution < 1.29 is 4.39 Å². The third-order valence-electron chi connectivity index (χ3n) is 4.73. The molecular weight excluding hydrogens is 373 g/mol. The van der Waals surface area contributed by atoms with Crippen molar-refractivity contribution in [2.24, 2.45) is 0 Å². The van der Waals surface area contributed by atoms with E-state index in [0.717, 1.165) is 11.1 Å². The Balaban J connectivity index is 1.67. The smallest absolute Gasteiger partial charge is 0.263 e. The highest BCUT2D eigenvalue weighted by molar-refractivity contribution is 7.17. The normalized spacial score (nSPS) is 11.3. The maximum Gasteiger partial charge on any atom is 0.263 e. The van der Waals surface area contributed by atoms with Gasteiger partial charge in [-0.1, -0.05) is 36.4 Å². The third kappa shape index (κ3) is 2.78. The van der Waals surface area contributed by atoms with Crippen molar-refractivity contribution in [2.75, 3.05) is 0 Å². The summed E-state index contributed by atoms with van der Waals surface area (Å²) in [6.45, 7) is 0.205. The SMILES string of the molecule is O=c1c2c(-c3ccccc3)csc2ncn1Cc1cc(F)cc2cccnc12. The van der Waals surface area contributed by atoms with Gasteiger partial charge in [-0.3, -0.25) is 14.3 Å². The second-order valence-electron chi connectivity index (χ2n) is 6.51. The van der Waals surface area contributed by atoms with E-state index in [-0.39, 0.29) is 17.9 Å². The minimum absolute atomic E-state index is 0.140. The fourth-order valence-corrected chi connectivity index (χ4v) is 4.35. The van der Waals surface area contributed by atoms with Gasteiger partial charge in [-0.15, -0.1) is 11.3 Å². The first-order valence-electron chi connectivity index (χ1n) is 8.76. The van der Waals surface area contributed by atoms with Gasteiger partial charge < -0.3 is 0 Å². The summed E-state index contributed by atoms with van der Waals surface area (Å²) in [6.07, 6.45) is 3.19. The minimum atomic E-state index is -0.349. The number of halogens is 1. The molecule has 2 aromatic carbocycles. The molecule has 0 fully saturated rings. The average Bonchev–Trinajstić information content (AvgIpc) is 3.15. The molecule has 3 aromatic heterocycles. The van der Waals surface area contributed by atoms with Crippen molar-refractivity contribution in [3.8, 4) is 11.1 Å². The molecule has 0 radical (unpaired) electrons. The highest BCUT2D eigenvalue weighted by atomic mass is 32.1. The molecule has 0 saturated carbocycles. The van der Waals surface area contributed by atoms with Crippen LogP contribution in [0, 0.1) is 5.82 Å². The number of nitrogens with zero attached hydrogens (tertiary/aromatic N) is 3.